The minimum atomic E-state index is 0.861. The van der Waals surface area contributed by atoms with E-state index in [0.29, 0.717) is 0 Å². The predicted molar refractivity (Wildman–Crippen MR) is 55.0 cm³/mol. The van der Waals surface area contributed by atoms with Crippen molar-refractivity contribution < 1.29 is 4.42 Å². The van der Waals surface area contributed by atoms with Gasteiger partial charge in [-0.2, -0.15) is 0 Å². The van der Waals surface area contributed by atoms with Crippen LogP contribution in [0.25, 0.3) is 11.3 Å². The topological polar surface area (TPSA) is 26.0 Å². The Morgan fingerprint density at radius 1 is 1.14 bits per heavy atom. The fourth-order valence-electron chi connectivity index (χ4n) is 1.88. The fraction of sp³-hybridized carbons (Fsp3) is 0.250. The smallest absolute Gasteiger partial charge is 0.284 e. The number of aromatic nitrogens is 1. The van der Waals surface area contributed by atoms with Gasteiger partial charge in [0, 0.05) is 5.56 Å². The van der Waals surface area contributed by atoms with Gasteiger partial charge in [0.05, 0.1) is 0 Å². The van der Waals surface area contributed by atoms with Gasteiger partial charge in [-0.3, -0.25) is 0 Å². The van der Waals surface area contributed by atoms with Gasteiger partial charge in [0.2, 0.25) is 0 Å². The third kappa shape index (κ3) is 1.43. The van der Waals surface area contributed by atoms with Gasteiger partial charge in [0.15, 0.2) is 0 Å². The third-order valence-corrected chi connectivity index (χ3v) is 2.32. The van der Waals surface area contributed by atoms with Crippen LogP contribution < -0.4 is 0 Å². The second-order valence-electron chi connectivity index (χ2n) is 3.60. The number of hydrogen-bond donors (Lipinski definition) is 0. The van der Waals surface area contributed by atoms with Gasteiger partial charge in [-0.15, -0.1) is 0 Å². The molecule has 1 radical (unpaired) electrons. The van der Waals surface area contributed by atoms with Crippen molar-refractivity contribution in [1.29, 1.82) is 0 Å². The summed E-state index contributed by atoms with van der Waals surface area (Å²) in [5, 5.41) is 0. The monoisotopic (exact) mass is 186 g/mol. The Hall–Kier alpha value is -1.57. The van der Waals surface area contributed by atoms with E-state index in [4.69, 9.17) is 4.42 Å². The molecule has 1 aromatic heterocycles. The van der Waals surface area contributed by atoms with Gasteiger partial charge < -0.3 is 4.42 Å². The van der Waals surface area contributed by atoms with Gasteiger partial charge in [-0.25, -0.2) is 4.98 Å². The highest BCUT2D eigenvalue weighted by atomic mass is 16.3. The number of hydrogen-bond acceptors (Lipinski definition) is 2. The molecule has 2 rings (SSSR count). The van der Waals surface area contributed by atoms with E-state index in [1.165, 1.54) is 16.7 Å². The Bertz CT molecular complexity index is 420. The van der Waals surface area contributed by atoms with Crippen LogP contribution in [-0.2, 0) is 0 Å². The minimum Gasteiger partial charge on any atom is -0.440 e. The van der Waals surface area contributed by atoms with Crippen LogP contribution in [0.4, 0.5) is 0 Å². The maximum absolute atomic E-state index is 4.87. The summed E-state index contributed by atoms with van der Waals surface area (Å²) in [4.78, 5) is 4.05. The lowest BCUT2D eigenvalue weighted by Gasteiger charge is -2.07. The minimum absolute atomic E-state index is 0.861. The summed E-state index contributed by atoms with van der Waals surface area (Å²) in [6, 6.07) is 4.30. The first-order valence-electron chi connectivity index (χ1n) is 4.58. The Morgan fingerprint density at radius 2 is 1.79 bits per heavy atom. The summed E-state index contributed by atoms with van der Waals surface area (Å²) < 4.78 is 4.87. The maximum atomic E-state index is 4.87. The molecule has 2 aromatic rings. The van der Waals surface area contributed by atoms with Crippen LogP contribution in [-0.4, -0.2) is 4.98 Å². The largest absolute Gasteiger partial charge is 0.440 e. The van der Waals surface area contributed by atoms with E-state index in [-0.39, 0.29) is 0 Å². The van der Waals surface area contributed by atoms with Crippen LogP contribution in [0.3, 0.4) is 0 Å². The van der Waals surface area contributed by atoms with E-state index < -0.39 is 0 Å². The van der Waals surface area contributed by atoms with E-state index >= 15 is 0 Å². The molecule has 0 fully saturated rings. The molecular weight excluding hydrogens is 174 g/mol. The second kappa shape index (κ2) is 3.29. The lowest BCUT2D eigenvalue weighted by Crippen LogP contribution is -1.89. The summed E-state index contributed by atoms with van der Waals surface area (Å²) in [7, 11) is 0. The molecule has 0 N–H and O–H groups in total. The molecule has 71 valence electrons. The molecule has 1 aromatic carbocycles. The number of rotatable bonds is 1. The fourth-order valence-corrected chi connectivity index (χ4v) is 1.88. The van der Waals surface area contributed by atoms with Gasteiger partial charge in [-0.1, -0.05) is 17.7 Å². The summed E-state index contributed by atoms with van der Waals surface area (Å²) in [6.45, 7) is 6.27. The maximum Gasteiger partial charge on any atom is 0.284 e. The van der Waals surface area contributed by atoms with Crippen molar-refractivity contribution in [2.45, 2.75) is 20.8 Å². The SMILES string of the molecule is Cc1cc(C)c(-c2co[c]n2)c(C)c1. The summed E-state index contributed by atoms with van der Waals surface area (Å²) in [5.41, 5.74) is 5.74. The van der Waals surface area contributed by atoms with Crippen LogP contribution >= 0.6 is 0 Å². The zero-order chi connectivity index (χ0) is 10.1. The van der Waals surface area contributed by atoms with Crippen molar-refractivity contribution in [3.05, 3.63) is 41.5 Å². The first kappa shape index (κ1) is 9.00. The lowest BCUT2D eigenvalue weighted by atomic mass is 9.98. The molecule has 0 aliphatic heterocycles. The highest BCUT2D eigenvalue weighted by Gasteiger charge is 2.08. The van der Waals surface area contributed by atoms with Crippen molar-refractivity contribution >= 4 is 0 Å². The van der Waals surface area contributed by atoms with Crippen molar-refractivity contribution in [2.24, 2.45) is 0 Å². The van der Waals surface area contributed by atoms with Gasteiger partial charge >= 0.3 is 0 Å². The number of benzene rings is 1. The molecular formula is C12H12NO. The van der Waals surface area contributed by atoms with Crippen molar-refractivity contribution in [2.75, 3.05) is 0 Å². The zero-order valence-electron chi connectivity index (χ0n) is 8.59. The van der Waals surface area contributed by atoms with Gasteiger partial charge in [0.25, 0.3) is 6.39 Å². The molecule has 2 nitrogen and oxygen atoms in total. The molecule has 0 atom stereocenters. The molecule has 0 unspecified atom stereocenters. The lowest BCUT2D eigenvalue weighted by molar-refractivity contribution is 0.548. The van der Waals surface area contributed by atoms with E-state index in [1.807, 2.05) is 0 Å². The molecule has 0 spiro atoms. The Kier molecular flexibility index (Phi) is 2.12. The quantitative estimate of drug-likeness (QED) is 0.684. The van der Waals surface area contributed by atoms with E-state index in [2.05, 4.69) is 44.3 Å². The Balaban J connectivity index is 2.64. The highest BCUT2D eigenvalue weighted by Crippen LogP contribution is 2.26. The molecule has 0 bridgehead atoms. The average Bonchev–Trinajstić information content (AvgIpc) is 2.54. The molecule has 0 aliphatic carbocycles. The molecule has 0 saturated carbocycles. The van der Waals surface area contributed by atoms with E-state index in [0.717, 1.165) is 11.3 Å². The van der Waals surface area contributed by atoms with Gasteiger partial charge in [0.1, 0.15) is 12.0 Å². The third-order valence-electron chi connectivity index (χ3n) is 2.32. The van der Waals surface area contributed by atoms with Crippen LogP contribution in [0, 0.1) is 27.2 Å². The number of aryl methyl sites for hydroxylation is 3. The molecule has 0 saturated heterocycles. The Morgan fingerprint density at radius 3 is 2.29 bits per heavy atom. The summed E-state index contributed by atoms with van der Waals surface area (Å²) in [5.74, 6) is 0. The van der Waals surface area contributed by atoms with Crippen LogP contribution in [0.2, 0.25) is 0 Å². The predicted octanol–water partition coefficient (Wildman–Crippen LogP) is 3.07. The van der Waals surface area contributed by atoms with Crippen molar-refractivity contribution in [3.8, 4) is 11.3 Å². The van der Waals surface area contributed by atoms with Crippen molar-refractivity contribution in [1.82, 2.24) is 4.98 Å². The summed E-state index contributed by atoms with van der Waals surface area (Å²) in [6.07, 6.45) is 4.10. The van der Waals surface area contributed by atoms with Gasteiger partial charge in [-0.05, 0) is 31.9 Å². The molecule has 0 amide bonds. The number of oxazole rings is 1. The molecule has 14 heavy (non-hydrogen) atoms. The second-order valence-corrected chi connectivity index (χ2v) is 3.60. The van der Waals surface area contributed by atoms with E-state index in [9.17, 15) is 0 Å². The first-order chi connectivity index (χ1) is 6.68. The zero-order valence-corrected chi connectivity index (χ0v) is 8.59. The summed E-state index contributed by atoms with van der Waals surface area (Å²) >= 11 is 0. The van der Waals surface area contributed by atoms with E-state index in [1.54, 1.807) is 6.26 Å². The average molecular weight is 186 g/mol. The molecule has 0 aliphatic rings. The number of nitrogens with zero attached hydrogens (tertiary/aromatic N) is 1. The van der Waals surface area contributed by atoms with Crippen molar-refractivity contribution in [3.63, 3.8) is 0 Å². The normalized spacial score (nSPS) is 10.5. The molecule has 1 heterocycles. The standard InChI is InChI=1S/C12H12NO/c1-8-4-9(2)12(10(3)5-8)11-6-14-7-13-11/h4-6H,1-3H3. The van der Waals surface area contributed by atoms with Crippen LogP contribution in [0.1, 0.15) is 16.7 Å². The molecule has 2 heteroatoms. The Labute approximate surface area is 83.6 Å². The van der Waals surface area contributed by atoms with Crippen LogP contribution in [0.5, 0.6) is 0 Å². The first-order valence-corrected chi connectivity index (χ1v) is 4.58. The van der Waals surface area contributed by atoms with Crippen LogP contribution in [0.15, 0.2) is 22.8 Å². The highest BCUT2D eigenvalue weighted by molar-refractivity contribution is 5.67.